The molecule has 0 radical (unpaired) electrons. The lowest BCUT2D eigenvalue weighted by Crippen LogP contribution is -2.38. The van der Waals surface area contributed by atoms with Crippen molar-refractivity contribution in [2.75, 3.05) is 10.6 Å². The molecule has 31 heavy (non-hydrogen) atoms. The standard InChI is InChI=1S/C23H26N6O2/c30-22(24-18-7-3-1-4-8-18)28-26-20-13-11-17-15-16(20)12-14-21(17)27-29-23(31)25-19-9-5-2-6-10-19/h1-10,16-17H,11-15H2,(H2,24,28,30)(H2,25,29,31). The van der Waals surface area contributed by atoms with E-state index in [1.54, 1.807) is 0 Å². The zero-order valence-corrected chi connectivity index (χ0v) is 17.2. The highest BCUT2D eigenvalue weighted by molar-refractivity contribution is 5.97. The van der Waals surface area contributed by atoms with Gasteiger partial charge < -0.3 is 10.6 Å². The van der Waals surface area contributed by atoms with Crippen LogP contribution in [-0.4, -0.2) is 23.5 Å². The maximum atomic E-state index is 12.1. The number of hydrogen-bond donors (Lipinski definition) is 4. The van der Waals surface area contributed by atoms with E-state index in [2.05, 4.69) is 31.7 Å². The van der Waals surface area contributed by atoms with Gasteiger partial charge in [-0.15, -0.1) is 0 Å². The third-order valence-corrected chi connectivity index (χ3v) is 5.67. The summed E-state index contributed by atoms with van der Waals surface area (Å²) in [7, 11) is 0. The van der Waals surface area contributed by atoms with Gasteiger partial charge in [0.2, 0.25) is 0 Å². The van der Waals surface area contributed by atoms with Crippen molar-refractivity contribution < 1.29 is 9.59 Å². The highest BCUT2D eigenvalue weighted by Crippen LogP contribution is 2.37. The third-order valence-electron chi connectivity index (χ3n) is 5.67. The van der Waals surface area contributed by atoms with Gasteiger partial charge in [-0.25, -0.2) is 20.4 Å². The van der Waals surface area contributed by atoms with Crippen LogP contribution in [0.15, 0.2) is 70.9 Å². The van der Waals surface area contributed by atoms with Crippen LogP contribution in [0, 0.1) is 11.8 Å². The van der Waals surface area contributed by atoms with Crippen LogP contribution in [0.5, 0.6) is 0 Å². The molecule has 2 unspecified atom stereocenters. The van der Waals surface area contributed by atoms with Crippen molar-refractivity contribution in [3.05, 3.63) is 60.7 Å². The van der Waals surface area contributed by atoms with Crippen molar-refractivity contribution in [2.45, 2.75) is 32.1 Å². The van der Waals surface area contributed by atoms with Crippen molar-refractivity contribution in [1.29, 1.82) is 0 Å². The highest BCUT2D eigenvalue weighted by atomic mass is 16.2. The molecule has 2 aliphatic rings. The fourth-order valence-electron chi connectivity index (χ4n) is 4.14. The minimum atomic E-state index is -0.340. The lowest BCUT2D eigenvalue weighted by molar-refractivity contribution is 0.251. The summed E-state index contributed by atoms with van der Waals surface area (Å²) in [5.74, 6) is 0.681. The highest BCUT2D eigenvalue weighted by Gasteiger charge is 2.34. The normalized spacial score (nSPS) is 22.6. The molecular weight excluding hydrogens is 392 g/mol. The van der Waals surface area contributed by atoms with Gasteiger partial charge in [0, 0.05) is 34.6 Å². The molecular formula is C23H26N6O2. The fraction of sp³-hybridized carbons (Fsp3) is 0.304. The molecule has 4 N–H and O–H groups in total. The van der Waals surface area contributed by atoms with Crippen LogP contribution < -0.4 is 21.5 Å². The number of carbonyl (C=O) groups is 2. The molecule has 0 spiro atoms. The summed E-state index contributed by atoms with van der Waals surface area (Å²) in [6.45, 7) is 0. The summed E-state index contributed by atoms with van der Waals surface area (Å²) in [4.78, 5) is 24.1. The topological polar surface area (TPSA) is 107 Å². The maximum absolute atomic E-state index is 12.1. The quantitative estimate of drug-likeness (QED) is 0.547. The summed E-state index contributed by atoms with van der Waals surface area (Å²) in [6.07, 6.45) is 4.41. The molecule has 0 aliphatic heterocycles. The molecule has 0 saturated heterocycles. The Morgan fingerprint density at radius 2 is 1.10 bits per heavy atom. The first-order chi connectivity index (χ1) is 15.2. The molecule has 0 aromatic heterocycles. The molecule has 2 bridgehead atoms. The Bertz CT molecular complexity index is 895. The first-order valence-electron chi connectivity index (χ1n) is 10.5. The van der Waals surface area contributed by atoms with E-state index in [-0.39, 0.29) is 12.1 Å². The second kappa shape index (κ2) is 9.88. The number of nitrogens with zero attached hydrogens (tertiary/aromatic N) is 2. The summed E-state index contributed by atoms with van der Waals surface area (Å²) in [5, 5.41) is 14.3. The van der Waals surface area contributed by atoms with E-state index in [1.807, 2.05) is 60.7 Å². The number of para-hydroxylation sites is 2. The molecule has 2 aliphatic carbocycles. The van der Waals surface area contributed by atoms with Crippen molar-refractivity contribution in [1.82, 2.24) is 10.9 Å². The summed E-state index contributed by atoms with van der Waals surface area (Å²) < 4.78 is 0. The number of hydrogen-bond acceptors (Lipinski definition) is 4. The monoisotopic (exact) mass is 418 g/mol. The van der Waals surface area contributed by atoms with Gasteiger partial charge >= 0.3 is 12.1 Å². The van der Waals surface area contributed by atoms with Crippen molar-refractivity contribution in [3.63, 3.8) is 0 Å². The SMILES string of the molecule is O=C(NN=C1CCC2CC1CCC2=NNC(=O)Nc1ccccc1)Nc1ccccc1. The van der Waals surface area contributed by atoms with Gasteiger partial charge in [0.15, 0.2) is 0 Å². The van der Waals surface area contributed by atoms with Crippen LogP contribution in [0.3, 0.4) is 0 Å². The Balaban J connectivity index is 1.26. The van der Waals surface area contributed by atoms with Gasteiger partial charge in [0.1, 0.15) is 0 Å². The van der Waals surface area contributed by atoms with Gasteiger partial charge in [-0.1, -0.05) is 36.4 Å². The van der Waals surface area contributed by atoms with E-state index in [0.29, 0.717) is 11.8 Å². The molecule has 4 amide bonds. The average molecular weight is 419 g/mol. The Morgan fingerprint density at radius 1 is 0.677 bits per heavy atom. The van der Waals surface area contributed by atoms with Gasteiger partial charge in [-0.2, -0.15) is 10.2 Å². The molecule has 2 fully saturated rings. The number of carbonyl (C=O) groups excluding carboxylic acids is 2. The first kappa shape index (κ1) is 20.6. The third kappa shape index (κ3) is 5.69. The Kier molecular flexibility index (Phi) is 6.56. The van der Waals surface area contributed by atoms with Crippen LogP contribution in [0.4, 0.5) is 21.0 Å². The van der Waals surface area contributed by atoms with E-state index < -0.39 is 0 Å². The van der Waals surface area contributed by atoms with Gasteiger partial charge in [-0.3, -0.25) is 0 Å². The van der Waals surface area contributed by atoms with E-state index >= 15 is 0 Å². The largest absolute Gasteiger partial charge is 0.339 e. The molecule has 4 rings (SSSR count). The smallest absolute Gasteiger partial charge is 0.307 e. The second-order valence-electron chi connectivity index (χ2n) is 7.78. The van der Waals surface area contributed by atoms with E-state index in [9.17, 15) is 9.59 Å². The van der Waals surface area contributed by atoms with Gasteiger partial charge in [0.05, 0.1) is 0 Å². The van der Waals surface area contributed by atoms with E-state index in [4.69, 9.17) is 0 Å². The lowest BCUT2D eigenvalue weighted by Gasteiger charge is -2.36. The second-order valence-corrected chi connectivity index (χ2v) is 7.78. The van der Waals surface area contributed by atoms with Crippen LogP contribution in [0.2, 0.25) is 0 Å². The Labute approximate surface area is 181 Å². The summed E-state index contributed by atoms with van der Waals surface area (Å²) in [6, 6.07) is 17.9. The molecule has 8 heteroatoms. The molecule has 2 saturated carbocycles. The molecule has 2 aromatic carbocycles. The van der Waals surface area contributed by atoms with Gasteiger partial charge in [-0.05, 0) is 56.4 Å². The number of nitrogens with one attached hydrogen (secondary N) is 4. The molecule has 160 valence electrons. The Hall–Kier alpha value is -3.68. The number of anilines is 2. The van der Waals surface area contributed by atoms with Crippen molar-refractivity contribution in [3.8, 4) is 0 Å². The predicted molar refractivity (Wildman–Crippen MR) is 122 cm³/mol. The molecule has 0 heterocycles. The van der Waals surface area contributed by atoms with Crippen LogP contribution in [0.25, 0.3) is 0 Å². The van der Waals surface area contributed by atoms with E-state index in [0.717, 1.165) is 54.9 Å². The number of urea groups is 2. The molecule has 2 aromatic rings. The molecule has 8 nitrogen and oxygen atoms in total. The zero-order valence-electron chi connectivity index (χ0n) is 17.2. The number of rotatable bonds is 4. The Morgan fingerprint density at radius 3 is 1.52 bits per heavy atom. The maximum Gasteiger partial charge on any atom is 0.339 e. The lowest BCUT2D eigenvalue weighted by atomic mass is 9.70. The summed E-state index contributed by atoms with van der Waals surface area (Å²) in [5.41, 5.74) is 8.77. The summed E-state index contributed by atoms with van der Waals surface area (Å²) >= 11 is 0. The first-order valence-corrected chi connectivity index (χ1v) is 10.5. The van der Waals surface area contributed by atoms with E-state index in [1.165, 1.54) is 0 Å². The average Bonchev–Trinajstić information content (AvgIpc) is 2.79. The predicted octanol–water partition coefficient (Wildman–Crippen LogP) is 4.55. The zero-order chi connectivity index (χ0) is 21.5. The minimum Gasteiger partial charge on any atom is -0.307 e. The number of amides is 4. The van der Waals surface area contributed by atoms with Crippen molar-refractivity contribution >= 4 is 34.9 Å². The molecule has 2 atom stereocenters. The number of hydrazone groups is 2. The fourth-order valence-corrected chi connectivity index (χ4v) is 4.14. The van der Waals surface area contributed by atoms with Crippen LogP contribution in [0.1, 0.15) is 32.1 Å². The number of benzene rings is 2. The number of fused-ring (bicyclic) bond motifs is 2. The van der Waals surface area contributed by atoms with Crippen molar-refractivity contribution in [2.24, 2.45) is 22.0 Å². The minimum absolute atomic E-state index is 0.340. The van der Waals surface area contributed by atoms with Crippen LogP contribution in [-0.2, 0) is 0 Å². The van der Waals surface area contributed by atoms with Crippen LogP contribution >= 0.6 is 0 Å². The van der Waals surface area contributed by atoms with Gasteiger partial charge in [0.25, 0.3) is 0 Å².